The van der Waals surface area contributed by atoms with Crippen molar-refractivity contribution in [2.75, 3.05) is 0 Å². The van der Waals surface area contributed by atoms with E-state index in [-0.39, 0.29) is 59.9 Å². The smallest absolute Gasteiger partial charge is 0.333 e. The minimum atomic E-state index is -1.35. The van der Waals surface area contributed by atoms with Gasteiger partial charge in [-0.15, -0.1) is 0 Å². The predicted molar refractivity (Wildman–Crippen MR) is 116 cm³/mol. The Kier molecular flexibility index (Phi) is 7.13. The molecule has 2 aromatic heterocycles. The average molecular weight is 504 g/mol. The van der Waals surface area contributed by atoms with E-state index in [0.29, 0.717) is 6.07 Å². The highest BCUT2D eigenvalue weighted by Crippen LogP contribution is 2.41. The van der Waals surface area contributed by atoms with E-state index >= 15 is 0 Å². The van der Waals surface area contributed by atoms with E-state index in [0.717, 1.165) is 12.3 Å². The first-order valence-corrected chi connectivity index (χ1v) is 11.0. The van der Waals surface area contributed by atoms with Gasteiger partial charge in [-0.25, -0.2) is 27.3 Å². The number of aromatic nitrogens is 3. The molecule has 8 nitrogen and oxygen atoms in total. The van der Waals surface area contributed by atoms with E-state index in [9.17, 15) is 32.3 Å². The molecule has 12 heteroatoms. The maximum absolute atomic E-state index is 14.3. The normalized spacial score (nSPS) is 17.8. The number of hydrogen-bond donors (Lipinski definition) is 2. The minimum absolute atomic E-state index is 0.0433. The van der Waals surface area contributed by atoms with Gasteiger partial charge in [0.05, 0.1) is 11.8 Å². The number of amides is 1. The Morgan fingerprint density at radius 3 is 2.61 bits per heavy atom. The number of halogens is 4. The van der Waals surface area contributed by atoms with Gasteiger partial charge in [0.15, 0.2) is 11.6 Å². The maximum atomic E-state index is 14.3. The van der Waals surface area contributed by atoms with Crippen molar-refractivity contribution in [3.63, 3.8) is 0 Å². The number of aliphatic carboxylic acids is 1. The number of pyridine rings is 1. The van der Waals surface area contributed by atoms with Crippen molar-refractivity contribution in [3.05, 3.63) is 76.5 Å². The van der Waals surface area contributed by atoms with Crippen molar-refractivity contribution in [1.29, 1.82) is 0 Å². The van der Waals surface area contributed by atoms with Crippen LogP contribution in [0.25, 0.3) is 11.5 Å². The molecule has 0 radical (unpaired) electrons. The third kappa shape index (κ3) is 5.42. The lowest BCUT2D eigenvalue weighted by atomic mass is 9.75. The molecular weight excluding hydrogens is 484 g/mol. The van der Waals surface area contributed by atoms with E-state index in [1.807, 2.05) is 0 Å². The van der Waals surface area contributed by atoms with Gasteiger partial charge in [-0.3, -0.25) is 4.79 Å². The van der Waals surface area contributed by atoms with Crippen LogP contribution in [0.4, 0.5) is 17.6 Å². The summed E-state index contributed by atoms with van der Waals surface area (Å²) in [5, 5.41) is 16.0. The molecular formula is C24H20F4N4O4. The van der Waals surface area contributed by atoms with Gasteiger partial charge < -0.3 is 14.9 Å². The Balaban J connectivity index is 1.44. The van der Waals surface area contributed by atoms with Crippen molar-refractivity contribution in [2.45, 2.75) is 38.5 Å². The zero-order valence-corrected chi connectivity index (χ0v) is 18.9. The first kappa shape index (κ1) is 25.0. The standard InChI is InChI=1S/C24H20F4N4O4/c1-11-6-19(16(24(34)35)9-14(11)15-7-13(26)8-17(27)22(15)28)30-20(33)4-5-21-31-23(32-36-21)18-3-2-12(25)10-29-18/h2-3,7-8,10-11,14H,4-6,9H2,1H3,(H,30,33)(H,34,35)/t11-,14+/m0/s1. The van der Waals surface area contributed by atoms with Crippen LogP contribution in [0.1, 0.15) is 43.6 Å². The number of benzene rings is 1. The number of carbonyl (C=O) groups excluding carboxylic acids is 1. The third-order valence-electron chi connectivity index (χ3n) is 5.96. The second kappa shape index (κ2) is 10.3. The Labute approximate surface area is 202 Å². The van der Waals surface area contributed by atoms with Gasteiger partial charge in [0.2, 0.25) is 17.6 Å². The second-order valence-corrected chi connectivity index (χ2v) is 8.47. The van der Waals surface area contributed by atoms with Crippen molar-refractivity contribution < 1.29 is 36.8 Å². The molecule has 0 bridgehead atoms. The highest BCUT2D eigenvalue weighted by Gasteiger charge is 2.34. The first-order valence-electron chi connectivity index (χ1n) is 11.0. The Bertz CT molecular complexity index is 1340. The summed E-state index contributed by atoms with van der Waals surface area (Å²) in [6, 6.07) is 3.85. The van der Waals surface area contributed by atoms with Crippen LogP contribution in [-0.2, 0) is 16.0 Å². The van der Waals surface area contributed by atoms with Crippen LogP contribution in [-0.4, -0.2) is 32.1 Å². The van der Waals surface area contributed by atoms with Crippen LogP contribution in [0.5, 0.6) is 0 Å². The lowest BCUT2D eigenvalue weighted by Crippen LogP contribution is -2.32. The van der Waals surface area contributed by atoms with E-state index in [1.54, 1.807) is 6.92 Å². The van der Waals surface area contributed by atoms with Crippen molar-refractivity contribution >= 4 is 11.9 Å². The van der Waals surface area contributed by atoms with Gasteiger partial charge in [0.25, 0.3) is 0 Å². The summed E-state index contributed by atoms with van der Waals surface area (Å²) in [6.07, 6.45) is 0.764. The summed E-state index contributed by atoms with van der Waals surface area (Å²) in [7, 11) is 0. The lowest BCUT2D eigenvalue weighted by Gasteiger charge is -2.32. The molecule has 2 atom stereocenters. The Hall–Kier alpha value is -4.09. The van der Waals surface area contributed by atoms with Gasteiger partial charge in [0.1, 0.15) is 17.3 Å². The van der Waals surface area contributed by atoms with E-state index < -0.39 is 47.0 Å². The van der Waals surface area contributed by atoms with Gasteiger partial charge in [-0.05, 0) is 48.4 Å². The maximum Gasteiger partial charge on any atom is 0.333 e. The van der Waals surface area contributed by atoms with Gasteiger partial charge >= 0.3 is 5.97 Å². The SMILES string of the molecule is C[C@H]1CC(NC(=O)CCc2nc(-c3ccc(F)cn3)no2)=C(C(=O)O)C[C@H]1c1cc(F)cc(F)c1F. The summed E-state index contributed by atoms with van der Waals surface area (Å²) in [6.45, 7) is 1.68. The second-order valence-electron chi connectivity index (χ2n) is 8.47. The Morgan fingerprint density at radius 2 is 1.92 bits per heavy atom. The number of allylic oxidation sites excluding steroid dienone is 1. The fourth-order valence-electron chi connectivity index (χ4n) is 4.16. The number of carboxylic acid groups (broad SMARTS) is 1. The largest absolute Gasteiger partial charge is 0.478 e. The molecule has 36 heavy (non-hydrogen) atoms. The predicted octanol–water partition coefficient (Wildman–Crippen LogP) is 4.29. The quantitative estimate of drug-likeness (QED) is 0.364. The van der Waals surface area contributed by atoms with Crippen LogP contribution in [0.3, 0.4) is 0 Å². The van der Waals surface area contributed by atoms with E-state index in [2.05, 4.69) is 20.4 Å². The fourth-order valence-corrected chi connectivity index (χ4v) is 4.16. The summed E-state index contributed by atoms with van der Waals surface area (Å²) < 4.78 is 59.9. The van der Waals surface area contributed by atoms with Crippen LogP contribution < -0.4 is 5.32 Å². The number of nitrogens with zero attached hydrogens (tertiary/aromatic N) is 3. The molecule has 1 aliphatic rings. The van der Waals surface area contributed by atoms with Crippen LogP contribution in [0, 0.1) is 29.2 Å². The molecule has 1 amide bonds. The van der Waals surface area contributed by atoms with Crippen molar-refractivity contribution in [3.8, 4) is 11.5 Å². The number of rotatable bonds is 7. The number of carbonyl (C=O) groups is 2. The topological polar surface area (TPSA) is 118 Å². The van der Waals surface area contributed by atoms with Crippen LogP contribution >= 0.6 is 0 Å². The monoisotopic (exact) mass is 504 g/mol. The summed E-state index contributed by atoms with van der Waals surface area (Å²) in [4.78, 5) is 32.3. The van der Waals surface area contributed by atoms with Crippen LogP contribution in [0.2, 0.25) is 0 Å². The molecule has 0 aliphatic heterocycles. The average Bonchev–Trinajstić information content (AvgIpc) is 3.30. The van der Waals surface area contributed by atoms with E-state index in [1.165, 1.54) is 12.1 Å². The molecule has 0 spiro atoms. The van der Waals surface area contributed by atoms with Crippen molar-refractivity contribution in [1.82, 2.24) is 20.4 Å². The molecule has 3 aromatic rings. The highest BCUT2D eigenvalue weighted by molar-refractivity contribution is 5.89. The number of nitrogens with one attached hydrogen (secondary N) is 1. The highest BCUT2D eigenvalue weighted by atomic mass is 19.2. The first-order chi connectivity index (χ1) is 17.1. The van der Waals surface area contributed by atoms with Crippen molar-refractivity contribution in [2.24, 2.45) is 5.92 Å². The summed E-state index contributed by atoms with van der Waals surface area (Å²) in [5.74, 6) is -6.86. The summed E-state index contributed by atoms with van der Waals surface area (Å²) in [5.41, 5.74) is 0.0210. The zero-order chi connectivity index (χ0) is 26.0. The zero-order valence-electron chi connectivity index (χ0n) is 18.9. The molecule has 188 valence electrons. The van der Waals surface area contributed by atoms with Gasteiger partial charge in [0, 0.05) is 24.6 Å². The Morgan fingerprint density at radius 1 is 1.14 bits per heavy atom. The third-order valence-corrected chi connectivity index (χ3v) is 5.96. The van der Waals surface area contributed by atoms with E-state index in [4.69, 9.17) is 4.52 Å². The molecule has 0 saturated carbocycles. The molecule has 2 heterocycles. The minimum Gasteiger partial charge on any atom is -0.478 e. The van der Waals surface area contributed by atoms with Gasteiger partial charge in [-0.1, -0.05) is 12.1 Å². The molecule has 1 aliphatic carbocycles. The number of hydrogen-bond acceptors (Lipinski definition) is 6. The molecule has 0 fully saturated rings. The molecule has 0 unspecified atom stereocenters. The molecule has 0 saturated heterocycles. The summed E-state index contributed by atoms with van der Waals surface area (Å²) >= 11 is 0. The molecule has 1 aromatic carbocycles. The number of aryl methyl sites for hydroxylation is 1. The molecule has 4 rings (SSSR count). The lowest BCUT2D eigenvalue weighted by molar-refractivity contribution is -0.133. The fraction of sp³-hybridized carbons (Fsp3) is 0.292. The number of carboxylic acids is 1. The van der Waals surface area contributed by atoms with Crippen LogP contribution in [0.15, 0.2) is 46.3 Å². The molecule has 2 N–H and O–H groups in total. The van der Waals surface area contributed by atoms with Gasteiger partial charge in [-0.2, -0.15) is 4.98 Å².